The third kappa shape index (κ3) is 7.34. The van der Waals surface area contributed by atoms with Crippen molar-refractivity contribution in [2.24, 2.45) is 0 Å². The Kier molecular flexibility index (Phi) is 8.23. The van der Waals surface area contributed by atoms with Gasteiger partial charge in [-0.3, -0.25) is 15.6 Å². The Labute approximate surface area is 154 Å². The van der Waals surface area contributed by atoms with Crippen molar-refractivity contribution in [3.05, 3.63) is 29.8 Å². The molecule has 0 spiro atoms. The summed E-state index contributed by atoms with van der Waals surface area (Å²) in [5.74, 6) is -0.519. The largest absolute Gasteiger partial charge is 0.360 e. The summed E-state index contributed by atoms with van der Waals surface area (Å²) >= 11 is 5.01. The summed E-state index contributed by atoms with van der Waals surface area (Å²) < 4.78 is 25.8. The molecule has 0 atom stereocenters. The molecule has 1 amide bonds. The van der Waals surface area contributed by atoms with Crippen LogP contribution >= 0.6 is 12.2 Å². The van der Waals surface area contributed by atoms with Crippen molar-refractivity contribution < 1.29 is 13.2 Å². The van der Waals surface area contributed by atoms with Crippen LogP contribution in [-0.2, 0) is 14.8 Å². The molecule has 140 valence electrons. The fourth-order valence-electron chi connectivity index (χ4n) is 1.78. The highest BCUT2D eigenvalue weighted by Gasteiger charge is 2.22. The highest BCUT2D eigenvalue weighted by atomic mass is 32.2. The molecule has 0 aliphatic carbocycles. The van der Waals surface area contributed by atoms with Crippen LogP contribution in [0, 0.1) is 6.92 Å². The molecule has 0 bridgehead atoms. The van der Waals surface area contributed by atoms with Gasteiger partial charge in [0.2, 0.25) is 10.0 Å². The van der Waals surface area contributed by atoms with Gasteiger partial charge in [0.1, 0.15) is 0 Å². The predicted molar refractivity (Wildman–Crippen MR) is 101 cm³/mol. The number of rotatable bonds is 7. The molecule has 1 rings (SSSR count). The van der Waals surface area contributed by atoms with Crippen LogP contribution in [0.15, 0.2) is 29.2 Å². The van der Waals surface area contributed by atoms with Gasteiger partial charge in [0.25, 0.3) is 5.91 Å². The standard InChI is InChI=1S/C15H25N5O3S2/c1-12-5-7-13(8-6-12)25(22,23)20(4)11-14(21)17-18-15(24)16-9-10-19(2)3/h5-8H,9-11H2,1-4H3,(H,17,21)(H2,16,18,24). The van der Waals surface area contributed by atoms with Crippen molar-refractivity contribution >= 4 is 33.3 Å². The van der Waals surface area contributed by atoms with E-state index in [4.69, 9.17) is 12.2 Å². The Morgan fingerprint density at radius 3 is 2.28 bits per heavy atom. The molecule has 0 aliphatic rings. The third-order valence-electron chi connectivity index (χ3n) is 3.26. The average molecular weight is 388 g/mol. The number of nitrogens with one attached hydrogen (secondary N) is 3. The molecule has 1 aromatic carbocycles. The van der Waals surface area contributed by atoms with Gasteiger partial charge in [-0.25, -0.2) is 8.42 Å². The molecule has 0 saturated carbocycles. The van der Waals surface area contributed by atoms with Gasteiger partial charge in [0.05, 0.1) is 11.4 Å². The monoisotopic (exact) mass is 387 g/mol. The van der Waals surface area contributed by atoms with Crippen LogP contribution in [0.5, 0.6) is 0 Å². The lowest BCUT2D eigenvalue weighted by Gasteiger charge is -2.18. The van der Waals surface area contributed by atoms with Crippen molar-refractivity contribution in [2.75, 3.05) is 40.8 Å². The van der Waals surface area contributed by atoms with E-state index in [0.717, 1.165) is 16.4 Å². The molecule has 0 unspecified atom stereocenters. The Morgan fingerprint density at radius 1 is 1.12 bits per heavy atom. The number of sulfonamides is 1. The number of amides is 1. The molecule has 0 aromatic heterocycles. The predicted octanol–water partition coefficient (Wildman–Crippen LogP) is -0.328. The fraction of sp³-hybridized carbons (Fsp3) is 0.467. The molecule has 0 radical (unpaired) electrons. The SMILES string of the molecule is Cc1ccc(S(=O)(=O)N(C)CC(=O)NNC(=S)NCCN(C)C)cc1. The molecule has 0 fully saturated rings. The van der Waals surface area contributed by atoms with E-state index in [-0.39, 0.29) is 16.6 Å². The van der Waals surface area contributed by atoms with Gasteiger partial charge in [-0.2, -0.15) is 4.31 Å². The normalized spacial score (nSPS) is 11.4. The van der Waals surface area contributed by atoms with Crippen molar-refractivity contribution in [3.8, 4) is 0 Å². The number of benzene rings is 1. The zero-order chi connectivity index (χ0) is 19.0. The number of thiocarbonyl (C=S) groups is 1. The molecular weight excluding hydrogens is 362 g/mol. The molecule has 3 N–H and O–H groups in total. The number of likely N-dealkylation sites (N-methyl/N-ethyl adjacent to an activating group) is 2. The minimum absolute atomic E-state index is 0.141. The van der Waals surface area contributed by atoms with E-state index in [1.807, 2.05) is 25.9 Å². The van der Waals surface area contributed by atoms with E-state index >= 15 is 0 Å². The van der Waals surface area contributed by atoms with Crippen LogP contribution in [-0.4, -0.2) is 69.4 Å². The summed E-state index contributed by atoms with van der Waals surface area (Å²) in [6.45, 7) is 2.95. The van der Waals surface area contributed by atoms with E-state index in [2.05, 4.69) is 16.2 Å². The molecule has 1 aromatic rings. The van der Waals surface area contributed by atoms with Crippen LogP contribution in [0.4, 0.5) is 0 Å². The highest BCUT2D eigenvalue weighted by Crippen LogP contribution is 2.14. The molecule has 25 heavy (non-hydrogen) atoms. The van der Waals surface area contributed by atoms with Gasteiger partial charge in [0, 0.05) is 20.1 Å². The zero-order valence-electron chi connectivity index (χ0n) is 14.9. The van der Waals surface area contributed by atoms with Crippen LogP contribution in [0.25, 0.3) is 0 Å². The fourth-order valence-corrected chi connectivity index (χ4v) is 3.06. The lowest BCUT2D eigenvalue weighted by Crippen LogP contribution is -2.50. The van der Waals surface area contributed by atoms with Crippen LogP contribution in [0.1, 0.15) is 5.56 Å². The first-order valence-electron chi connectivity index (χ1n) is 7.63. The Morgan fingerprint density at radius 2 is 1.72 bits per heavy atom. The van der Waals surface area contributed by atoms with Crippen LogP contribution in [0.3, 0.4) is 0 Å². The summed E-state index contributed by atoms with van der Waals surface area (Å²) in [6, 6.07) is 6.45. The molecule has 0 saturated heterocycles. The minimum Gasteiger partial charge on any atom is -0.360 e. The summed E-state index contributed by atoms with van der Waals surface area (Å²) in [7, 11) is 1.50. The molecule has 0 heterocycles. The van der Waals surface area contributed by atoms with E-state index in [1.54, 1.807) is 12.1 Å². The average Bonchev–Trinajstić information content (AvgIpc) is 2.53. The Balaban J connectivity index is 2.48. The van der Waals surface area contributed by atoms with Gasteiger partial charge in [-0.15, -0.1) is 0 Å². The lowest BCUT2D eigenvalue weighted by atomic mass is 10.2. The smallest absolute Gasteiger partial charge is 0.253 e. The molecule has 10 heteroatoms. The number of nitrogens with zero attached hydrogens (tertiary/aromatic N) is 2. The molecular formula is C15H25N5O3S2. The maximum absolute atomic E-state index is 12.4. The third-order valence-corrected chi connectivity index (χ3v) is 5.32. The van der Waals surface area contributed by atoms with E-state index in [1.165, 1.54) is 19.2 Å². The second-order valence-electron chi connectivity index (χ2n) is 5.81. The zero-order valence-corrected chi connectivity index (χ0v) is 16.5. The van der Waals surface area contributed by atoms with E-state index < -0.39 is 15.9 Å². The summed E-state index contributed by atoms with van der Waals surface area (Å²) in [4.78, 5) is 14.0. The highest BCUT2D eigenvalue weighted by molar-refractivity contribution is 7.89. The number of carbonyl (C=O) groups is 1. The minimum atomic E-state index is -3.72. The van der Waals surface area contributed by atoms with Gasteiger partial charge < -0.3 is 10.2 Å². The number of hydrogen-bond acceptors (Lipinski definition) is 5. The van der Waals surface area contributed by atoms with Gasteiger partial charge in [-0.1, -0.05) is 17.7 Å². The van der Waals surface area contributed by atoms with E-state index in [0.29, 0.717) is 6.54 Å². The van der Waals surface area contributed by atoms with Gasteiger partial charge in [0.15, 0.2) is 5.11 Å². The first kappa shape index (κ1) is 21.3. The summed E-state index contributed by atoms with van der Waals surface area (Å²) in [5.41, 5.74) is 5.87. The number of aryl methyl sites for hydroxylation is 1. The first-order valence-corrected chi connectivity index (χ1v) is 9.48. The number of hydrogen-bond donors (Lipinski definition) is 3. The van der Waals surface area contributed by atoms with Gasteiger partial charge >= 0.3 is 0 Å². The van der Waals surface area contributed by atoms with Crippen molar-refractivity contribution in [3.63, 3.8) is 0 Å². The van der Waals surface area contributed by atoms with Crippen LogP contribution in [0.2, 0.25) is 0 Å². The Bertz CT molecular complexity index is 690. The molecule has 8 nitrogen and oxygen atoms in total. The Hall–Kier alpha value is -1.75. The maximum atomic E-state index is 12.4. The number of hydrazine groups is 1. The summed E-state index contributed by atoms with van der Waals surface area (Å²) in [5, 5.41) is 3.18. The second kappa shape index (κ2) is 9.66. The van der Waals surface area contributed by atoms with E-state index in [9.17, 15) is 13.2 Å². The first-order chi connectivity index (χ1) is 11.6. The van der Waals surface area contributed by atoms with Crippen molar-refractivity contribution in [2.45, 2.75) is 11.8 Å². The molecule has 0 aliphatic heterocycles. The number of carbonyl (C=O) groups excluding carboxylic acids is 1. The van der Waals surface area contributed by atoms with Gasteiger partial charge in [-0.05, 0) is 45.4 Å². The van der Waals surface area contributed by atoms with Crippen LogP contribution < -0.4 is 16.2 Å². The maximum Gasteiger partial charge on any atom is 0.253 e. The second-order valence-corrected chi connectivity index (χ2v) is 8.26. The quantitative estimate of drug-likeness (QED) is 0.436. The topological polar surface area (TPSA) is 93.8 Å². The van der Waals surface area contributed by atoms with Crippen molar-refractivity contribution in [1.82, 2.24) is 25.4 Å². The lowest BCUT2D eigenvalue weighted by molar-refractivity contribution is -0.121. The summed E-state index contributed by atoms with van der Waals surface area (Å²) in [6.07, 6.45) is 0. The van der Waals surface area contributed by atoms with Crippen molar-refractivity contribution in [1.29, 1.82) is 0 Å².